The van der Waals surface area contributed by atoms with Crippen molar-refractivity contribution in [2.45, 2.75) is 30.4 Å². The zero-order valence-corrected chi connectivity index (χ0v) is 18.2. The van der Waals surface area contributed by atoms with Crippen LogP contribution >= 0.6 is 11.8 Å². The number of benzene rings is 3. The Kier molecular flexibility index (Phi) is 7.62. The zero-order valence-electron chi connectivity index (χ0n) is 17.4. The van der Waals surface area contributed by atoms with Crippen molar-refractivity contribution < 1.29 is 14.4 Å². The molecule has 0 aliphatic rings. The van der Waals surface area contributed by atoms with Gasteiger partial charge in [0.15, 0.2) is 5.78 Å². The Morgan fingerprint density at radius 2 is 1.39 bits per heavy atom. The first kappa shape index (κ1) is 22.3. The monoisotopic (exact) mass is 432 g/mol. The van der Waals surface area contributed by atoms with E-state index >= 15 is 0 Å². The van der Waals surface area contributed by atoms with E-state index in [1.54, 1.807) is 24.3 Å². The maximum absolute atomic E-state index is 12.5. The number of carbonyl (C=O) groups excluding carboxylic acids is 3. The van der Waals surface area contributed by atoms with Crippen LogP contribution in [-0.2, 0) is 16.0 Å². The largest absolute Gasteiger partial charge is 0.326 e. The van der Waals surface area contributed by atoms with Gasteiger partial charge in [-0.2, -0.15) is 0 Å². The highest BCUT2D eigenvalue weighted by Crippen LogP contribution is 2.26. The smallest absolute Gasteiger partial charge is 0.237 e. The maximum atomic E-state index is 12.5. The minimum absolute atomic E-state index is 0.0125. The van der Waals surface area contributed by atoms with Crippen molar-refractivity contribution in [2.24, 2.45) is 0 Å². The molecule has 2 N–H and O–H groups in total. The van der Waals surface area contributed by atoms with Gasteiger partial charge < -0.3 is 10.6 Å². The lowest BCUT2D eigenvalue weighted by molar-refractivity contribution is -0.116. The second-order valence-electron chi connectivity index (χ2n) is 7.12. The second kappa shape index (κ2) is 10.6. The minimum Gasteiger partial charge on any atom is -0.326 e. The molecule has 5 nitrogen and oxygen atoms in total. The average Bonchev–Trinajstić information content (AvgIpc) is 2.76. The van der Waals surface area contributed by atoms with E-state index in [1.807, 2.05) is 61.5 Å². The molecule has 0 fully saturated rings. The van der Waals surface area contributed by atoms with E-state index < -0.39 is 0 Å². The van der Waals surface area contributed by atoms with Crippen molar-refractivity contribution in [2.75, 3.05) is 10.6 Å². The molecule has 2 amide bonds. The highest BCUT2D eigenvalue weighted by Gasteiger charge is 2.15. The lowest BCUT2D eigenvalue weighted by Crippen LogP contribution is -2.22. The number of Topliss-reactive ketones (excluding diaryl/α,β-unsaturated/α-hetero) is 1. The SMILES string of the molecule is CC(=O)c1ccc(NC(=O)C(C)Sc2ccc(NC(=O)Cc3ccccc3)cc2)cc1. The fraction of sp³-hybridized carbons (Fsp3) is 0.160. The highest BCUT2D eigenvalue weighted by molar-refractivity contribution is 8.00. The summed E-state index contributed by atoms with van der Waals surface area (Å²) in [7, 11) is 0. The zero-order chi connectivity index (χ0) is 22.2. The number of hydrogen-bond acceptors (Lipinski definition) is 4. The van der Waals surface area contributed by atoms with Gasteiger partial charge in [-0.3, -0.25) is 14.4 Å². The fourth-order valence-corrected chi connectivity index (χ4v) is 3.76. The number of thioether (sulfide) groups is 1. The van der Waals surface area contributed by atoms with E-state index in [1.165, 1.54) is 18.7 Å². The molecule has 6 heteroatoms. The predicted octanol–water partition coefficient (Wildman–Crippen LogP) is 5.19. The summed E-state index contributed by atoms with van der Waals surface area (Å²) in [5.41, 5.74) is 2.94. The molecule has 0 aliphatic heterocycles. The van der Waals surface area contributed by atoms with E-state index in [-0.39, 0.29) is 22.8 Å². The van der Waals surface area contributed by atoms with Gasteiger partial charge in [-0.1, -0.05) is 30.3 Å². The average molecular weight is 433 g/mol. The number of ketones is 1. The molecule has 31 heavy (non-hydrogen) atoms. The molecule has 0 heterocycles. The Morgan fingerprint density at radius 3 is 2.00 bits per heavy atom. The first-order chi connectivity index (χ1) is 14.9. The molecule has 1 unspecified atom stereocenters. The van der Waals surface area contributed by atoms with Gasteiger partial charge in [0, 0.05) is 21.8 Å². The van der Waals surface area contributed by atoms with Crippen molar-refractivity contribution in [1.29, 1.82) is 0 Å². The van der Waals surface area contributed by atoms with Gasteiger partial charge in [-0.25, -0.2) is 0 Å². The summed E-state index contributed by atoms with van der Waals surface area (Å²) in [6.45, 7) is 3.34. The normalized spacial score (nSPS) is 11.4. The van der Waals surface area contributed by atoms with Crippen LogP contribution < -0.4 is 10.6 Å². The molecule has 1 atom stereocenters. The van der Waals surface area contributed by atoms with Crippen LogP contribution in [-0.4, -0.2) is 22.8 Å². The summed E-state index contributed by atoms with van der Waals surface area (Å²) in [6, 6.07) is 23.8. The molecule has 3 aromatic carbocycles. The Morgan fingerprint density at radius 1 is 0.806 bits per heavy atom. The van der Waals surface area contributed by atoms with E-state index in [9.17, 15) is 14.4 Å². The lowest BCUT2D eigenvalue weighted by Gasteiger charge is -2.13. The van der Waals surface area contributed by atoms with Gasteiger partial charge in [0.05, 0.1) is 11.7 Å². The molecule has 3 rings (SSSR count). The third-order valence-corrected chi connectivity index (χ3v) is 5.70. The Labute approximate surface area is 186 Å². The van der Waals surface area contributed by atoms with E-state index in [0.717, 1.165) is 10.5 Å². The Balaban J connectivity index is 1.50. The number of anilines is 2. The van der Waals surface area contributed by atoms with Gasteiger partial charge >= 0.3 is 0 Å². The van der Waals surface area contributed by atoms with Crippen LogP contribution in [0.25, 0.3) is 0 Å². The molecule has 158 valence electrons. The van der Waals surface area contributed by atoms with Crippen LogP contribution in [0.3, 0.4) is 0 Å². The van der Waals surface area contributed by atoms with Crippen molar-refractivity contribution in [3.63, 3.8) is 0 Å². The van der Waals surface area contributed by atoms with Gasteiger partial charge in [-0.05, 0) is 67.9 Å². The molecule has 0 saturated carbocycles. The number of rotatable bonds is 8. The van der Waals surface area contributed by atoms with E-state index in [2.05, 4.69) is 10.6 Å². The minimum atomic E-state index is -0.314. The summed E-state index contributed by atoms with van der Waals surface area (Å²) >= 11 is 1.43. The van der Waals surface area contributed by atoms with Gasteiger partial charge in [0.2, 0.25) is 11.8 Å². The van der Waals surface area contributed by atoms with Crippen molar-refractivity contribution >= 4 is 40.7 Å². The number of nitrogens with one attached hydrogen (secondary N) is 2. The highest BCUT2D eigenvalue weighted by atomic mass is 32.2. The summed E-state index contributed by atoms with van der Waals surface area (Å²) in [5.74, 6) is -0.211. The summed E-state index contributed by atoms with van der Waals surface area (Å²) in [5, 5.41) is 5.43. The van der Waals surface area contributed by atoms with Gasteiger partial charge in [0.1, 0.15) is 0 Å². The quantitative estimate of drug-likeness (QED) is 0.379. The topological polar surface area (TPSA) is 75.3 Å². The number of hydrogen-bond donors (Lipinski definition) is 2. The van der Waals surface area contributed by atoms with Crippen molar-refractivity contribution in [1.82, 2.24) is 0 Å². The predicted molar refractivity (Wildman–Crippen MR) is 126 cm³/mol. The van der Waals surface area contributed by atoms with Crippen LogP contribution in [0.4, 0.5) is 11.4 Å². The molecule has 0 aromatic heterocycles. The summed E-state index contributed by atoms with van der Waals surface area (Å²) < 4.78 is 0. The Bertz CT molecular complexity index is 1050. The number of carbonyl (C=O) groups is 3. The van der Waals surface area contributed by atoms with E-state index in [0.29, 0.717) is 23.4 Å². The Hall–Kier alpha value is -3.38. The van der Waals surface area contributed by atoms with Crippen LogP contribution in [0.15, 0.2) is 83.8 Å². The van der Waals surface area contributed by atoms with Crippen LogP contribution in [0.1, 0.15) is 29.8 Å². The molecule has 3 aromatic rings. The van der Waals surface area contributed by atoms with Crippen LogP contribution in [0.2, 0.25) is 0 Å². The standard InChI is InChI=1S/C25H24N2O3S/c1-17(28)20-8-10-22(11-9-20)27-25(30)18(2)31-23-14-12-21(13-15-23)26-24(29)16-19-6-4-3-5-7-19/h3-15,18H,16H2,1-2H3,(H,26,29)(H,27,30). The number of amides is 2. The van der Waals surface area contributed by atoms with Crippen molar-refractivity contribution in [3.8, 4) is 0 Å². The van der Waals surface area contributed by atoms with E-state index in [4.69, 9.17) is 0 Å². The maximum Gasteiger partial charge on any atom is 0.237 e. The van der Waals surface area contributed by atoms with Gasteiger partial charge in [0.25, 0.3) is 0 Å². The van der Waals surface area contributed by atoms with Crippen molar-refractivity contribution in [3.05, 3.63) is 90.0 Å². The fourth-order valence-electron chi connectivity index (χ4n) is 2.89. The third-order valence-electron chi connectivity index (χ3n) is 4.59. The lowest BCUT2D eigenvalue weighted by atomic mass is 10.1. The molecular formula is C25H24N2O3S. The molecule has 0 bridgehead atoms. The first-order valence-electron chi connectivity index (χ1n) is 9.93. The summed E-state index contributed by atoms with van der Waals surface area (Å²) in [6.07, 6.45) is 0.321. The second-order valence-corrected chi connectivity index (χ2v) is 8.53. The first-order valence-corrected chi connectivity index (χ1v) is 10.8. The van der Waals surface area contributed by atoms with Crippen LogP contribution in [0, 0.1) is 0 Å². The molecule has 0 radical (unpaired) electrons. The molecule has 0 saturated heterocycles. The van der Waals surface area contributed by atoms with Crippen LogP contribution in [0.5, 0.6) is 0 Å². The van der Waals surface area contributed by atoms with Gasteiger partial charge in [-0.15, -0.1) is 11.8 Å². The molecule has 0 aliphatic carbocycles. The molecular weight excluding hydrogens is 408 g/mol. The molecule has 0 spiro atoms. The summed E-state index contributed by atoms with van der Waals surface area (Å²) in [4.78, 5) is 36.9. The third kappa shape index (κ3) is 6.83.